The number of hydrogen-bond acceptors (Lipinski definition) is 5. The highest BCUT2D eigenvalue weighted by molar-refractivity contribution is 7.89. The summed E-state index contributed by atoms with van der Waals surface area (Å²) in [6.45, 7) is 2.24. The molecular formula is C24H37N3O5S. The van der Waals surface area contributed by atoms with Crippen molar-refractivity contribution in [3.8, 4) is 0 Å². The summed E-state index contributed by atoms with van der Waals surface area (Å²) in [7, 11) is -0.287. The normalized spacial score (nSPS) is 18.5. The second-order valence-corrected chi connectivity index (χ2v) is 11.0. The molecule has 1 heterocycles. The molecule has 8 nitrogen and oxygen atoms in total. The van der Waals surface area contributed by atoms with E-state index in [-0.39, 0.29) is 28.7 Å². The summed E-state index contributed by atoms with van der Waals surface area (Å²) in [5.74, 6) is -0.173. The van der Waals surface area contributed by atoms with Gasteiger partial charge in [0.1, 0.15) is 0 Å². The van der Waals surface area contributed by atoms with Gasteiger partial charge in [0.15, 0.2) is 0 Å². The molecule has 1 N–H and O–H groups in total. The number of amides is 2. The highest BCUT2D eigenvalue weighted by Crippen LogP contribution is 2.27. The predicted molar refractivity (Wildman–Crippen MR) is 126 cm³/mol. The van der Waals surface area contributed by atoms with Gasteiger partial charge < -0.3 is 15.0 Å². The first-order valence-corrected chi connectivity index (χ1v) is 13.4. The maximum absolute atomic E-state index is 13.0. The number of carbonyl (C=O) groups is 2. The molecule has 2 fully saturated rings. The number of nitrogens with one attached hydrogen (secondary N) is 1. The van der Waals surface area contributed by atoms with Crippen molar-refractivity contribution >= 4 is 21.8 Å². The van der Waals surface area contributed by atoms with Crippen LogP contribution in [0.4, 0.5) is 0 Å². The minimum atomic E-state index is -3.58. The number of piperidine rings is 1. The Labute approximate surface area is 197 Å². The zero-order valence-electron chi connectivity index (χ0n) is 19.8. The third-order valence-electron chi connectivity index (χ3n) is 6.84. The van der Waals surface area contributed by atoms with Gasteiger partial charge in [0.2, 0.25) is 15.9 Å². The van der Waals surface area contributed by atoms with Gasteiger partial charge in [-0.2, -0.15) is 4.31 Å². The number of ether oxygens (including phenoxy) is 1. The molecule has 2 amide bonds. The van der Waals surface area contributed by atoms with E-state index in [0.717, 1.165) is 38.5 Å². The lowest BCUT2D eigenvalue weighted by Crippen LogP contribution is -2.43. The Bertz CT molecular complexity index is 889. The van der Waals surface area contributed by atoms with E-state index in [4.69, 9.17) is 4.74 Å². The topological polar surface area (TPSA) is 96.0 Å². The molecule has 184 valence electrons. The molecule has 0 radical (unpaired) electrons. The molecule has 2 aliphatic rings. The molecule has 1 saturated carbocycles. The molecule has 0 spiro atoms. The molecule has 0 unspecified atom stereocenters. The zero-order valence-corrected chi connectivity index (χ0v) is 20.6. The number of hydrogen-bond donors (Lipinski definition) is 1. The average molecular weight is 480 g/mol. The van der Waals surface area contributed by atoms with Crippen molar-refractivity contribution in [2.75, 3.05) is 40.4 Å². The summed E-state index contributed by atoms with van der Waals surface area (Å²) >= 11 is 0. The number of nitrogens with zero attached hydrogens (tertiary/aromatic N) is 2. The summed E-state index contributed by atoms with van der Waals surface area (Å²) in [4.78, 5) is 27.2. The van der Waals surface area contributed by atoms with Gasteiger partial charge in [0.25, 0.3) is 5.91 Å². The van der Waals surface area contributed by atoms with E-state index in [1.807, 2.05) is 0 Å². The van der Waals surface area contributed by atoms with Crippen LogP contribution in [-0.4, -0.2) is 75.9 Å². The van der Waals surface area contributed by atoms with E-state index in [1.54, 1.807) is 31.2 Å². The Morgan fingerprint density at radius 3 is 2.30 bits per heavy atom. The van der Waals surface area contributed by atoms with E-state index < -0.39 is 10.0 Å². The van der Waals surface area contributed by atoms with Crippen LogP contribution in [0.5, 0.6) is 0 Å². The van der Waals surface area contributed by atoms with Crippen LogP contribution < -0.4 is 5.32 Å². The molecule has 1 aromatic rings. The van der Waals surface area contributed by atoms with Crippen molar-refractivity contribution in [2.45, 2.75) is 62.3 Å². The molecule has 1 aromatic carbocycles. The maximum atomic E-state index is 13.0. The number of likely N-dealkylation sites (tertiary alicyclic amines) is 1. The smallest absolute Gasteiger partial charge is 0.253 e. The van der Waals surface area contributed by atoms with E-state index in [2.05, 4.69) is 5.32 Å². The van der Waals surface area contributed by atoms with Gasteiger partial charge >= 0.3 is 0 Å². The number of methoxy groups -OCH3 is 1. The van der Waals surface area contributed by atoms with Crippen molar-refractivity contribution < 1.29 is 22.7 Å². The van der Waals surface area contributed by atoms with E-state index in [0.29, 0.717) is 44.6 Å². The molecule has 3 rings (SSSR count). The first-order chi connectivity index (χ1) is 15.8. The van der Waals surface area contributed by atoms with Gasteiger partial charge in [-0.05, 0) is 56.4 Å². The maximum Gasteiger partial charge on any atom is 0.253 e. The van der Waals surface area contributed by atoms with Crippen LogP contribution in [0.2, 0.25) is 0 Å². The number of sulfonamides is 1. The molecule has 9 heteroatoms. The van der Waals surface area contributed by atoms with Gasteiger partial charge in [-0.1, -0.05) is 19.3 Å². The Morgan fingerprint density at radius 1 is 1.06 bits per heavy atom. The minimum Gasteiger partial charge on any atom is -0.385 e. The zero-order chi connectivity index (χ0) is 23.8. The number of rotatable bonds is 9. The van der Waals surface area contributed by atoms with E-state index in [9.17, 15) is 18.0 Å². The van der Waals surface area contributed by atoms with Crippen LogP contribution in [0, 0.1) is 5.92 Å². The Balaban J connectivity index is 1.53. The van der Waals surface area contributed by atoms with Crippen LogP contribution in [0.25, 0.3) is 0 Å². The monoisotopic (exact) mass is 479 g/mol. The highest BCUT2D eigenvalue weighted by Gasteiger charge is 2.30. The van der Waals surface area contributed by atoms with Crippen LogP contribution in [0.15, 0.2) is 29.2 Å². The van der Waals surface area contributed by atoms with E-state index >= 15 is 0 Å². The lowest BCUT2D eigenvalue weighted by Gasteiger charge is -2.31. The van der Waals surface area contributed by atoms with Crippen molar-refractivity contribution in [1.29, 1.82) is 0 Å². The first kappa shape index (κ1) is 25.6. The van der Waals surface area contributed by atoms with Gasteiger partial charge in [0.05, 0.1) is 4.90 Å². The fourth-order valence-electron chi connectivity index (χ4n) is 4.68. The van der Waals surface area contributed by atoms with Crippen molar-refractivity contribution in [3.05, 3.63) is 29.8 Å². The second-order valence-electron chi connectivity index (χ2n) is 9.04. The Kier molecular flexibility index (Phi) is 9.28. The summed E-state index contributed by atoms with van der Waals surface area (Å²) < 4.78 is 32.5. The summed E-state index contributed by atoms with van der Waals surface area (Å²) in [5.41, 5.74) is 0.469. The summed E-state index contributed by atoms with van der Waals surface area (Å²) in [6, 6.07) is 6.30. The lowest BCUT2D eigenvalue weighted by molar-refractivity contribution is -0.126. The number of carbonyl (C=O) groups excluding carboxylic acids is 2. The Morgan fingerprint density at radius 2 is 1.70 bits per heavy atom. The molecule has 1 aliphatic heterocycles. The average Bonchev–Trinajstić information content (AvgIpc) is 2.86. The van der Waals surface area contributed by atoms with Crippen molar-refractivity contribution in [1.82, 2.24) is 14.5 Å². The summed E-state index contributed by atoms with van der Waals surface area (Å²) in [5, 5.41) is 2.93. The third-order valence-corrected chi connectivity index (χ3v) is 8.77. The fraction of sp³-hybridized carbons (Fsp3) is 0.667. The molecule has 33 heavy (non-hydrogen) atoms. The second kappa shape index (κ2) is 11.9. The van der Waals surface area contributed by atoms with E-state index in [1.165, 1.54) is 16.4 Å². The van der Waals surface area contributed by atoms with Crippen LogP contribution in [-0.2, 0) is 19.6 Å². The molecule has 0 atom stereocenters. The molecule has 0 bridgehead atoms. The molecular weight excluding hydrogens is 442 g/mol. The van der Waals surface area contributed by atoms with Crippen LogP contribution in [0.1, 0.15) is 61.7 Å². The van der Waals surface area contributed by atoms with Crippen molar-refractivity contribution in [2.24, 2.45) is 5.92 Å². The molecule has 0 aromatic heterocycles. The Hall–Kier alpha value is -1.97. The van der Waals surface area contributed by atoms with Gasteiger partial charge in [-0.15, -0.1) is 0 Å². The number of benzene rings is 1. The van der Waals surface area contributed by atoms with Gasteiger partial charge in [0, 0.05) is 57.9 Å². The fourth-order valence-corrected chi connectivity index (χ4v) is 6.09. The largest absolute Gasteiger partial charge is 0.385 e. The first-order valence-electron chi connectivity index (χ1n) is 12.0. The SMILES string of the molecule is COCCCNC(=O)C1CCN(C(=O)c2ccc(S(=O)(=O)N(C)C3CCCCC3)cc2)CC1. The molecule has 1 saturated heterocycles. The predicted octanol–water partition coefficient (Wildman–Crippen LogP) is 2.64. The quantitative estimate of drug-likeness (QED) is 0.550. The van der Waals surface area contributed by atoms with Gasteiger partial charge in [-0.25, -0.2) is 8.42 Å². The van der Waals surface area contributed by atoms with Crippen LogP contribution in [0.3, 0.4) is 0 Å². The standard InChI is InChI=1S/C24H37N3O5S/c1-26(21-7-4-3-5-8-21)33(30,31)22-11-9-20(10-12-22)24(29)27-16-13-19(14-17-27)23(28)25-15-6-18-32-2/h9-12,19,21H,3-8,13-18H2,1-2H3,(H,25,28). The van der Waals surface area contributed by atoms with Gasteiger partial charge in [-0.3, -0.25) is 9.59 Å². The minimum absolute atomic E-state index is 0.0369. The molecule has 1 aliphatic carbocycles. The summed E-state index contributed by atoms with van der Waals surface area (Å²) in [6.07, 6.45) is 7.11. The highest BCUT2D eigenvalue weighted by atomic mass is 32.2. The van der Waals surface area contributed by atoms with Crippen molar-refractivity contribution in [3.63, 3.8) is 0 Å². The van der Waals surface area contributed by atoms with Crippen LogP contribution >= 0.6 is 0 Å². The lowest BCUT2D eigenvalue weighted by atomic mass is 9.95. The third kappa shape index (κ3) is 6.55.